The predicted octanol–water partition coefficient (Wildman–Crippen LogP) is 1.07. The van der Waals surface area contributed by atoms with E-state index in [0.29, 0.717) is 12.0 Å². The molecular weight excluding hydrogens is 194 g/mol. The Hall–Kier alpha value is -2.09. The molecule has 0 aliphatic rings. The van der Waals surface area contributed by atoms with E-state index in [2.05, 4.69) is 9.73 Å². The highest BCUT2D eigenvalue weighted by atomic mass is 16.5. The van der Waals surface area contributed by atoms with Gasteiger partial charge in [-0.2, -0.15) is 10.3 Å². The van der Waals surface area contributed by atoms with Crippen molar-refractivity contribution in [2.75, 3.05) is 6.61 Å². The first-order valence-electron chi connectivity index (χ1n) is 4.51. The molecule has 1 heterocycles. The highest BCUT2D eigenvalue weighted by Gasteiger charge is 1.94. The maximum absolute atomic E-state index is 11.0. The molecule has 5 nitrogen and oxygen atoms in total. The SMILES string of the molecule is CCOC(=O)N=c1ccn(CC#N)cc1. The van der Waals surface area contributed by atoms with Crippen LogP contribution in [0.4, 0.5) is 4.79 Å². The van der Waals surface area contributed by atoms with E-state index in [9.17, 15) is 4.79 Å². The molecule has 1 rings (SSSR count). The van der Waals surface area contributed by atoms with E-state index in [4.69, 9.17) is 5.26 Å². The lowest BCUT2D eigenvalue weighted by Gasteiger charge is -1.98. The molecule has 78 valence electrons. The fourth-order valence-corrected chi connectivity index (χ4v) is 0.972. The van der Waals surface area contributed by atoms with Crippen LogP contribution in [0.25, 0.3) is 0 Å². The van der Waals surface area contributed by atoms with E-state index >= 15 is 0 Å². The fraction of sp³-hybridized carbons (Fsp3) is 0.300. The van der Waals surface area contributed by atoms with E-state index in [0.717, 1.165) is 0 Å². The molecule has 1 aromatic rings. The number of nitrogens with zero attached hydrogens (tertiary/aromatic N) is 3. The highest BCUT2D eigenvalue weighted by Crippen LogP contribution is 1.85. The summed E-state index contributed by atoms with van der Waals surface area (Å²) in [6, 6.07) is 5.30. The predicted molar refractivity (Wildman–Crippen MR) is 52.6 cm³/mol. The van der Waals surface area contributed by atoms with E-state index in [1.165, 1.54) is 0 Å². The lowest BCUT2D eigenvalue weighted by molar-refractivity contribution is 0.162. The Kier molecular flexibility index (Phi) is 4.10. The Morgan fingerprint density at radius 2 is 2.27 bits per heavy atom. The summed E-state index contributed by atoms with van der Waals surface area (Å²) in [7, 11) is 0. The standard InChI is InChI=1S/C10H11N3O2/c1-2-15-10(14)12-9-3-6-13(7-4-9)8-5-11/h3-4,6-7H,2,8H2,1H3. The Labute approximate surface area is 87.2 Å². The minimum atomic E-state index is -0.601. The first kappa shape index (κ1) is 11.0. The quantitative estimate of drug-likeness (QED) is 0.725. The minimum absolute atomic E-state index is 0.277. The van der Waals surface area contributed by atoms with Gasteiger partial charge in [0.2, 0.25) is 0 Å². The molecule has 0 saturated heterocycles. The summed E-state index contributed by atoms with van der Waals surface area (Å²) in [6.07, 6.45) is 2.76. The Bertz CT molecular complexity index is 422. The molecule has 0 fully saturated rings. The molecule has 5 heteroatoms. The van der Waals surface area contributed by atoms with Crippen LogP contribution in [-0.2, 0) is 11.3 Å². The van der Waals surface area contributed by atoms with Crippen LogP contribution in [0.3, 0.4) is 0 Å². The summed E-state index contributed by atoms with van der Waals surface area (Å²) in [5, 5.41) is 8.95. The number of carbonyl (C=O) groups is 1. The van der Waals surface area contributed by atoms with Crippen molar-refractivity contribution in [1.82, 2.24) is 4.57 Å². The van der Waals surface area contributed by atoms with Gasteiger partial charge >= 0.3 is 6.09 Å². The van der Waals surface area contributed by atoms with Gasteiger partial charge in [0.1, 0.15) is 6.54 Å². The molecule has 0 radical (unpaired) electrons. The first-order chi connectivity index (χ1) is 7.26. The zero-order valence-corrected chi connectivity index (χ0v) is 8.38. The van der Waals surface area contributed by atoms with Gasteiger partial charge in [-0.05, 0) is 19.1 Å². The maximum atomic E-state index is 11.0. The van der Waals surface area contributed by atoms with Crippen molar-refractivity contribution in [3.8, 4) is 6.07 Å². The van der Waals surface area contributed by atoms with Gasteiger partial charge in [0.15, 0.2) is 0 Å². The smallest absolute Gasteiger partial charge is 0.434 e. The molecule has 1 aromatic heterocycles. The molecule has 0 unspecified atom stereocenters. The molecule has 15 heavy (non-hydrogen) atoms. The van der Waals surface area contributed by atoms with Crippen LogP contribution < -0.4 is 5.36 Å². The van der Waals surface area contributed by atoms with Crippen LogP contribution in [0.5, 0.6) is 0 Å². The topological polar surface area (TPSA) is 67.4 Å². The normalized spacial score (nSPS) is 9.07. The maximum Gasteiger partial charge on any atom is 0.434 e. The first-order valence-corrected chi connectivity index (χ1v) is 4.51. The third-order valence-electron chi connectivity index (χ3n) is 1.62. The van der Waals surface area contributed by atoms with Crippen LogP contribution in [-0.4, -0.2) is 17.3 Å². The highest BCUT2D eigenvalue weighted by molar-refractivity contribution is 5.68. The largest absolute Gasteiger partial charge is 0.448 e. The van der Waals surface area contributed by atoms with Gasteiger partial charge in [0, 0.05) is 12.4 Å². The number of rotatable bonds is 2. The molecule has 0 spiro atoms. The second kappa shape index (κ2) is 5.60. The zero-order chi connectivity index (χ0) is 11.1. The molecule has 0 N–H and O–H groups in total. The lowest BCUT2D eigenvalue weighted by atomic mass is 10.4. The number of ether oxygens (including phenoxy) is 1. The van der Waals surface area contributed by atoms with Crippen molar-refractivity contribution in [2.45, 2.75) is 13.5 Å². The summed E-state index contributed by atoms with van der Waals surface area (Å²) in [5.74, 6) is 0. The molecule has 0 aromatic carbocycles. The van der Waals surface area contributed by atoms with Gasteiger partial charge in [0.05, 0.1) is 18.0 Å². The van der Waals surface area contributed by atoms with E-state index < -0.39 is 6.09 Å². The van der Waals surface area contributed by atoms with E-state index in [1.807, 2.05) is 6.07 Å². The number of aromatic nitrogens is 1. The average Bonchev–Trinajstić information content (AvgIpc) is 2.22. The molecule has 1 amide bonds. The third-order valence-corrected chi connectivity index (χ3v) is 1.62. The second-order valence-corrected chi connectivity index (χ2v) is 2.70. The van der Waals surface area contributed by atoms with Gasteiger partial charge in [-0.3, -0.25) is 0 Å². The number of amides is 1. The van der Waals surface area contributed by atoms with Crippen molar-refractivity contribution < 1.29 is 9.53 Å². The molecule has 0 aliphatic heterocycles. The van der Waals surface area contributed by atoms with Crippen molar-refractivity contribution in [1.29, 1.82) is 5.26 Å². The van der Waals surface area contributed by atoms with Gasteiger partial charge in [-0.15, -0.1) is 0 Å². The molecule has 0 bridgehead atoms. The molecule has 0 saturated carbocycles. The summed E-state index contributed by atoms with van der Waals surface area (Å²) in [6.45, 7) is 2.31. The average molecular weight is 205 g/mol. The number of carbonyl (C=O) groups excluding carboxylic acids is 1. The van der Waals surface area contributed by atoms with Crippen LogP contribution in [0, 0.1) is 11.3 Å². The van der Waals surface area contributed by atoms with Gasteiger partial charge in [-0.25, -0.2) is 4.79 Å². The van der Waals surface area contributed by atoms with E-state index in [-0.39, 0.29) is 6.54 Å². The van der Waals surface area contributed by atoms with Crippen LogP contribution in [0.1, 0.15) is 6.92 Å². The van der Waals surface area contributed by atoms with Crippen molar-refractivity contribution in [3.05, 3.63) is 29.9 Å². The minimum Gasteiger partial charge on any atom is -0.448 e. The number of nitriles is 1. The number of pyridine rings is 1. The molecule has 0 aliphatic carbocycles. The van der Waals surface area contributed by atoms with Gasteiger partial charge in [-0.1, -0.05) is 0 Å². The summed E-state index contributed by atoms with van der Waals surface area (Å²) in [4.78, 5) is 14.7. The monoisotopic (exact) mass is 205 g/mol. The third kappa shape index (κ3) is 3.65. The Morgan fingerprint density at radius 3 is 2.80 bits per heavy atom. The van der Waals surface area contributed by atoms with Crippen molar-refractivity contribution in [2.24, 2.45) is 4.99 Å². The van der Waals surface area contributed by atoms with Crippen LogP contribution in [0.2, 0.25) is 0 Å². The number of hydrogen-bond donors (Lipinski definition) is 0. The Morgan fingerprint density at radius 1 is 1.60 bits per heavy atom. The van der Waals surface area contributed by atoms with Crippen molar-refractivity contribution >= 4 is 6.09 Å². The summed E-state index contributed by atoms with van der Waals surface area (Å²) < 4.78 is 6.34. The van der Waals surface area contributed by atoms with Gasteiger partial charge < -0.3 is 9.30 Å². The lowest BCUT2D eigenvalue weighted by Crippen LogP contribution is -2.09. The fourth-order valence-electron chi connectivity index (χ4n) is 0.972. The molecule has 0 atom stereocenters. The summed E-state index contributed by atoms with van der Waals surface area (Å²) in [5.41, 5.74) is 0. The van der Waals surface area contributed by atoms with Crippen molar-refractivity contribution in [3.63, 3.8) is 0 Å². The van der Waals surface area contributed by atoms with Crippen LogP contribution >= 0.6 is 0 Å². The van der Waals surface area contributed by atoms with E-state index in [1.54, 1.807) is 36.0 Å². The summed E-state index contributed by atoms with van der Waals surface area (Å²) >= 11 is 0. The Balaban J connectivity index is 2.80. The number of hydrogen-bond acceptors (Lipinski definition) is 3. The zero-order valence-electron chi connectivity index (χ0n) is 8.38. The molecular formula is C10H11N3O2. The van der Waals surface area contributed by atoms with Gasteiger partial charge in [0.25, 0.3) is 0 Å². The second-order valence-electron chi connectivity index (χ2n) is 2.70. The van der Waals surface area contributed by atoms with Crippen LogP contribution in [0.15, 0.2) is 29.5 Å².